The average Bonchev–Trinajstić information content (AvgIpc) is 2.24. The number of rotatable bonds is 4. The molecular weight excluding hydrogens is 192 g/mol. The molecule has 1 saturated heterocycles. The van der Waals surface area contributed by atoms with E-state index in [1.807, 2.05) is 24.3 Å². The highest BCUT2D eigenvalue weighted by Crippen LogP contribution is 2.31. The maximum Gasteiger partial charge on any atom is 0.161 e. The van der Waals surface area contributed by atoms with Gasteiger partial charge < -0.3 is 14.2 Å². The summed E-state index contributed by atoms with van der Waals surface area (Å²) >= 11 is 0. The zero-order valence-electron chi connectivity index (χ0n) is 9.16. The van der Waals surface area contributed by atoms with Gasteiger partial charge in [-0.25, -0.2) is 0 Å². The minimum atomic E-state index is 0.168. The molecule has 15 heavy (non-hydrogen) atoms. The molecule has 1 heterocycles. The third kappa shape index (κ3) is 2.23. The van der Waals surface area contributed by atoms with Crippen molar-refractivity contribution in [2.45, 2.75) is 6.92 Å². The highest BCUT2D eigenvalue weighted by Gasteiger charge is 2.34. The lowest BCUT2D eigenvalue weighted by molar-refractivity contribution is -0.120. The summed E-state index contributed by atoms with van der Waals surface area (Å²) in [5.74, 6) is 1.58. The van der Waals surface area contributed by atoms with Crippen molar-refractivity contribution in [2.75, 3.05) is 26.9 Å². The summed E-state index contributed by atoms with van der Waals surface area (Å²) in [5.41, 5.74) is 0.168. The summed E-state index contributed by atoms with van der Waals surface area (Å²) in [5, 5.41) is 0. The second kappa shape index (κ2) is 4.11. The predicted molar refractivity (Wildman–Crippen MR) is 57.4 cm³/mol. The molecule has 0 aromatic heterocycles. The smallest absolute Gasteiger partial charge is 0.161 e. The minimum absolute atomic E-state index is 0.168. The largest absolute Gasteiger partial charge is 0.493 e. The first-order chi connectivity index (χ1) is 7.23. The van der Waals surface area contributed by atoms with Gasteiger partial charge in [0.05, 0.1) is 26.9 Å². The molecule has 82 valence electrons. The van der Waals surface area contributed by atoms with Crippen LogP contribution in [-0.2, 0) is 4.74 Å². The van der Waals surface area contributed by atoms with Crippen LogP contribution in [0.5, 0.6) is 11.5 Å². The van der Waals surface area contributed by atoms with Crippen molar-refractivity contribution in [3.63, 3.8) is 0 Å². The standard InChI is InChI=1S/C12H16O3/c1-12(7-14-8-12)9-15-11-6-4-3-5-10(11)13-2/h3-6H,7-9H2,1-2H3. The van der Waals surface area contributed by atoms with Gasteiger partial charge >= 0.3 is 0 Å². The Morgan fingerprint density at radius 2 is 1.93 bits per heavy atom. The zero-order valence-corrected chi connectivity index (χ0v) is 9.16. The van der Waals surface area contributed by atoms with Crippen LogP contribution in [0.4, 0.5) is 0 Å². The van der Waals surface area contributed by atoms with Crippen molar-refractivity contribution in [2.24, 2.45) is 5.41 Å². The van der Waals surface area contributed by atoms with E-state index in [1.165, 1.54) is 0 Å². The summed E-state index contributed by atoms with van der Waals surface area (Å²) in [6.45, 7) is 4.39. The topological polar surface area (TPSA) is 27.7 Å². The van der Waals surface area contributed by atoms with Gasteiger partial charge in [0.15, 0.2) is 11.5 Å². The molecule has 0 amide bonds. The van der Waals surface area contributed by atoms with Crippen LogP contribution in [0.2, 0.25) is 0 Å². The quantitative estimate of drug-likeness (QED) is 0.758. The van der Waals surface area contributed by atoms with Gasteiger partial charge in [-0.05, 0) is 12.1 Å². The lowest BCUT2D eigenvalue weighted by atomic mass is 9.90. The zero-order chi connectivity index (χ0) is 10.7. The molecule has 0 saturated carbocycles. The number of hydrogen-bond acceptors (Lipinski definition) is 3. The molecule has 1 aromatic rings. The molecule has 1 fully saturated rings. The number of ether oxygens (including phenoxy) is 3. The van der Waals surface area contributed by atoms with E-state index in [-0.39, 0.29) is 5.41 Å². The van der Waals surface area contributed by atoms with Crippen LogP contribution in [0, 0.1) is 5.41 Å². The van der Waals surface area contributed by atoms with Crippen LogP contribution in [0.1, 0.15) is 6.92 Å². The Bertz CT molecular complexity index is 331. The molecular formula is C12H16O3. The lowest BCUT2D eigenvalue weighted by Crippen LogP contribution is -2.44. The molecule has 0 spiro atoms. The third-order valence-corrected chi connectivity index (χ3v) is 2.55. The highest BCUT2D eigenvalue weighted by atomic mass is 16.5. The van der Waals surface area contributed by atoms with E-state index in [1.54, 1.807) is 7.11 Å². The predicted octanol–water partition coefficient (Wildman–Crippen LogP) is 2.11. The molecule has 1 aliphatic heterocycles. The molecule has 0 aliphatic carbocycles. The maximum absolute atomic E-state index is 5.73. The Morgan fingerprint density at radius 3 is 2.47 bits per heavy atom. The van der Waals surface area contributed by atoms with Crippen LogP contribution < -0.4 is 9.47 Å². The number of para-hydroxylation sites is 2. The minimum Gasteiger partial charge on any atom is -0.493 e. The Morgan fingerprint density at radius 1 is 1.27 bits per heavy atom. The molecule has 0 radical (unpaired) electrons. The van der Waals surface area contributed by atoms with Gasteiger partial charge in [-0.15, -0.1) is 0 Å². The van der Waals surface area contributed by atoms with Gasteiger partial charge in [-0.3, -0.25) is 0 Å². The maximum atomic E-state index is 5.73. The Kier molecular flexibility index (Phi) is 2.82. The number of methoxy groups -OCH3 is 1. The van der Waals surface area contributed by atoms with Crippen LogP contribution >= 0.6 is 0 Å². The summed E-state index contributed by atoms with van der Waals surface area (Å²) in [7, 11) is 1.65. The Hall–Kier alpha value is -1.22. The molecule has 1 aromatic carbocycles. The average molecular weight is 208 g/mol. The number of benzene rings is 1. The van der Waals surface area contributed by atoms with E-state index < -0.39 is 0 Å². The molecule has 0 N–H and O–H groups in total. The summed E-state index contributed by atoms with van der Waals surface area (Å²) in [6.07, 6.45) is 0. The molecule has 2 rings (SSSR count). The molecule has 0 unspecified atom stereocenters. The van der Waals surface area contributed by atoms with Gasteiger partial charge in [-0.2, -0.15) is 0 Å². The van der Waals surface area contributed by atoms with Crippen LogP contribution in [0.15, 0.2) is 24.3 Å². The van der Waals surface area contributed by atoms with Crippen molar-refractivity contribution in [3.8, 4) is 11.5 Å². The van der Waals surface area contributed by atoms with Crippen molar-refractivity contribution in [3.05, 3.63) is 24.3 Å². The second-order valence-corrected chi connectivity index (χ2v) is 4.24. The molecule has 3 nitrogen and oxygen atoms in total. The van der Waals surface area contributed by atoms with Gasteiger partial charge in [-0.1, -0.05) is 19.1 Å². The first-order valence-corrected chi connectivity index (χ1v) is 5.07. The fourth-order valence-corrected chi connectivity index (χ4v) is 1.52. The van der Waals surface area contributed by atoms with E-state index in [0.717, 1.165) is 24.7 Å². The Labute approximate surface area is 90.0 Å². The first-order valence-electron chi connectivity index (χ1n) is 5.07. The van der Waals surface area contributed by atoms with Crippen molar-refractivity contribution in [1.29, 1.82) is 0 Å². The highest BCUT2D eigenvalue weighted by molar-refractivity contribution is 5.39. The van der Waals surface area contributed by atoms with Gasteiger partial charge in [0.2, 0.25) is 0 Å². The first kappa shape index (κ1) is 10.3. The molecule has 0 bridgehead atoms. The summed E-state index contributed by atoms with van der Waals surface area (Å²) in [4.78, 5) is 0. The fraction of sp³-hybridized carbons (Fsp3) is 0.500. The van der Waals surface area contributed by atoms with E-state index in [4.69, 9.17) is 14.2 Å². The van der Waals surface area contributed by atoms with Gasteiger partial charge in [0.1, 0.15) is 0 Å². The van der Waals surface area contributed by atoms with Crippen molar-refractivity contribution in [1.82, 2.24) is 0 Å². The van der Waals surface area contributed by atoms with Crippen LogP contribution in [-0.4, -0.2) is 26.9 Å². The normalized spacial score (nSPS) is 18.0. The molecule has 3 heteroatoms. The fourth-order valence-electron chi connectivity index (χ4n) is 1.52. The number of hydrogen-bond donors (Lipinski definition) is 0. The van der Waals surface area contributed by atoms with Crippen LogP contribution in [0.3, 0.4) is 0 Å². The summed E-state index contributed by atoms with van der Waals surface area (Å²) < 4.78 is 16.1. The van der Waals surface area contributed by atoms with E-state index in [0.29, 0.717) is 6.61 Å². The van der Waals surface area contributed by atoms with E-state index in [2.05, 4.69) is 6.92 Å². The van der Waals surface area contributed by atoms with E-state index >= 15 is 0 Å². The lowest BCUT2D eigenvalue weighted by Gasteiger charge is -2.37. The van der Waals surface area contributed by atoms with Crippen LogP contribution in [0.25, 0.3) is 0 Å². The van der Waals surface area contributed by atoms with E-state index in [9.17, 15) is 0 Å². The van der Waals surface area contributed by atoms with Crippen molar-refractivity contribution < 1.29 is 14.2 Å². The van der Waals surface area contributed by atoms with Gasteiger partial charge in [0, 0.05) is 5.41 Å². The monoisotopic (exact) mass is 208 g/mol. The second-order valence-electron chi connectivity index (χ2n) is 4.24. The van der Waals surface area contributed by atoms with Crippen molar-refractivity contribution >= 4 is 0 Å². The summed E-state index contributed by atoms with van der Waals surface area (Å²) in [6, 6.07) is 7.69. The molecule has 0 atom stereocenters. The SMILES string of the molecule is COc1ccccc1OCC1(C)COC1. The van der Waals surface area contributed by atoms with Gasteiger partial charge in [0.25, 0.3) is 0 Å². The third-order valence-electron chi connectivity index (χ3n) is 2.55. The Balaban J connectivity index is 1.98. The molecule has 1 aliphatic rings.